The fraction of sp³-hybridized carbons (Fsp3) is 0.231. The third kappa shape index (κ3) is 2.37. The quantitative estimate of drug-likeness (QED) is 0.863. The molecule has 0 aliphatic heterocycles. The van der Waals surface area contributed by atoms with Crippen molar-refractivity contribution < 1.29 is 13.2 Å². The second kappa shape index (κ2) is 4.52. The molecule has 1 atom stereocenters. The minimum Gasteiger partial charge on any atom is -0.360 e. The minimum atomic E-state index is -3.44. The average Bonchev–Trinajstić information content (AvgIpc) is 2.78. The second-order valence-corrected chi connectivity index (χ2v) is 6.78. The van der Waals surface area contributed by atoms with Crippen LogP contribution in [0.25, 0.3) is 10.9 Å². The number of carbonyl (C=O) groups is 1. The Labute approximate surface area is 110 Å². The van der Waals surface area contributed by atoms with E-state index in [9.17, 15) is 13.2 Å². The first-order valence-electron chi connectivity index (χ1n) is 5.59. The number of Topliss-reactive ketones (excluding diaryl/α,β-unsaturated/α-hetero) is 1. The lowest BCUT2D eigenvalue weighted by Crippen LogP contribution is -2.26. The number of ketones is 1. The third-order valence-electron chi connectivity index (χ3n) is 3.09. The summed E-state index contributed by atoms with van der Waals surface area (Å²) in [6, 6.07) is 6.89. The lowest BCUT2D eigenvalue weighted by atomic mass is 10.1. The molecule has 1 aromatic heterocycles. The standard InChI is InChI=1S/C13H12N2O3S/c1-8(19(2,17)18)13(16)11-7-15-12-4-3-9(6-14)5-10(11)12/h3-5,7-8,15H,1-2H3. The number of aromatic nitrogens is 1. The Bertz CT molecular complexity index is 797. The Morgan fingerprint density at radius 2 is 2.11 bits per heavy atom. The van der Waals surface area contributed by atoms with E-state index in [1.807, 2.05) is 6.07 Å². The summed E-state index contributed by atoms with van der Waals surface area (Å²) in [5, 5.41) is 8.33. The van der Waals surface area contributed by atoms with E-state index < -0.39 is 20.9 Å². The predicted octanol–water partition coefficient (Wildman–Crippen LogP) is 1.66. The largest absolute Gasteiger partial charge is 0.360 e. The van der Waals surface area contributed by atoms with Crippen LogP contribution in [0.5, 0.6) is 0 Å². The molecule has 0 aliphatic carbocycles. The van der Waals surface area contributed by atoms with Crippen LogP contribution in [0, 0.1) is 11.3 Å². The van der Waals surface area contributed by atoms with Crippen molar-refractivity contribution in [2.45, 2.75) is 12.2 Å². The van der Waals surface area contributed by atoms with Crippen LogP contribution in [0.1, 0.15) is 22.8 Å². The van der Waals surface area contributed by atoms with E-state index in [0.29, 0.717) is 22.0 Å². The molecule has 0 spiro atoms. The number of aromatic amines is 1. The number of fused-ring (bicyclic) bond motifs is 1. The zero-order valence-corrected chi connectivity index (χ0v) is 11.3. The van der Waals surface area contributed by atoms with Crippen LogP contribution in [0.4, 0.5) is 0 Å². The Morgan fingerprint density at radius 3 is 2.68 bits per heavy atom. The summed E-state index contributed by atoms with van der Waals surface area (Å²) in [7, 11) is -3.44. The summed E-state index contributed by atoms with van der Waals surface area (Å²) in [4.78, 5) is 15.1. The van der Waals surface area contributed by atoms with Crippen LogP contribution >= 0.6 is 0 Å². The van der Waals surface area contributed by atoms with Crippen molar-refractivity contribution in [3.63, 3.8) is 0 Å². The van der Waals surface area contributed by atoms with Crippen LogP contribution in [-0.4, -0.2) is 30.7 Å². The van der Waals surface area contributed by atoms with Crippen LogP contribution in [-0.2, 0) is 9.84 Å². The summed E-state index contributed by atoms with van der Waals surface area (Å²) in [6.07, 6.45) is 2.51. The first-order valence-corrected chi connectivity index (χ1v) is 7.54. The molecular formula is C13H12N2O3S. The fourth-order valence-corrected chi connectivity index (χ4v) is 2.32. The van der Waals surface area contributed by atoms with Gasteiger partial charge in [0.25, 0.3) is 0 Å². The van der Waals surface area contributed by atoms with Gasteiger partial charge in [0.05, 0.1) is 11.6 Å². The number of hydrogen-bond donors (Lipinski definition) is 1. The SMILES string of the molecule is CC(C(=O)c1c[nH]c2ccc(C#N)cc12)S(C)(=O)=O. The highest BCUT2D eigenvalue weighted by Crippen LogP contribution is 2.22. The van der Waals surface area contributed by atoms with Gasteiger partial charge in [-0.2, -0.15) is 5.26 Å². The van der Waals surface area contributed by atoms with Gasteiger partial charge in [0.2, 0.25) is 0 Å². The molecule has 5 nitrogen and oxygen atoms in total. The molecule has 1 N–H and O–H groups in total. The number of sulfone groups is 1. The second-order valence-electron chi connectivity index (χ2n) is 4.41. The number of nitrogens with one attached hydrogen (secondary N) is 1. The molecule has 1 unspecified atom stereocenters. The number of nitriles is 1. The van der Waals surface area contributed by atoms with E-state index in [1.165, 1.54) is 13.1 Å². The lowest BCUT2D eigenvalue weighted by molar-refractivity contribution is 0.0993. The van der Waals surface area contributed by atoms with Gasteiger partial charge in [-0.3, -0.25) is 4.79 Å². The maximum absolute atomic E-state index is 12.2. The van der Waals surface area contributed by atoms with Crippen molar-refractivity contribution in [1.82, 2.24) is 4.98 Å². The van der Waals surface area contributed by atoms with Gasteiger partial charge in [-0.15, -0.1) is 0 Å². The van der Waals surface area contributed by atoms with Gasteiger partial charge < -0.3 is 4.98 Å². The van der Waals surface area contributed by atoms with Gasteiger partial charge in [0.15, 0.2) is 15.6 Å². The van der Waals surface area contributed by atoms with Gasteiger partial charge >= 0.3 is 0 Å². The summed E-state index contributed by atoms with van der Waals surface area (Å²) in [5.74, 6) is -0.469. The van der Waals surface area contributed by atoms with Crippen molar-refractivity contribution in [2.75, 3.05) is 6.26 Å². The molecule has 1 aromatic carbocycles. The highest BCUT2D eigenvalue weighted by atomic mass is 32.2. The van der Waals surface area contributed by atoms with E-state index >= 15 is 0 Å². The van der Waals surface area contributed by atoms with Gasteiger partial charge in [-0.1, -0.05) is 0 Å². The molecule has 0 radical (unpaired) electrons. The van der Waals surface area contributed by atoms with Gasteiger partial charge in [0.1, 0.15) is 5.25 Å². The normalized spacial score (nSPS) is 13.1. The number of carbonyl (C=O) groups excluding carboxylic acids is 1. The first kappa shape index (κ1) is 13.3. The summed E-state index contributed by atoms with van der Waals surface area (Å²) in [6.45, 7) is 1.37. The molecule has 19 heavy (non-hydrogen) atoms. The highest BCUT2D eigenvalue weighted by Gasteiger charge is 2.26. The molecule has 2 aromatic rings. The van der Waals surface area contributed by atoms with E-state index in [1.54, 1.807) is 18.2 Å². The maximum Gasteiger partial charge on any atom is 0.182 e. The first-order chi connectivity index (χ1) is 8.84. The molecule has 98 valence electrons. The third-order valence-corrected chi connectivity index (χ3v) is 4.59. The number of benzene rings is 1. The van der Waals surface area contributed by atoms with Gasteiger partial charge in [-0.25, -0.2) is 8.42 Å². The molecule has 6 heteroatoms. The van der Waals surface area contributed by atoms with E-state index in [-0.39, 0.29) is 0 Å². The molecule has 0 saturated heterocycles. The van der Waals surface area contributed by atoms with E-state index in [0.717, 1.165) is 6.26 Å². The monoisotopic (exact) mass is 276 g/mol. The number of rotatable bonds is 3. The Hall–Kier alpha value is -2.13. The lowest BCUT2D eigenvalue weighted by Gasteiger charge is -2.07. The fourth-order valence-electron chi connectivity index (χ4n) is 1.81. The number of nitrogens with zero attached hydrogens (tertiary/aromatic N) is 1. The molecule has 0 fully saturated rings. The van der Waals surface area contributed by atoms with Crippen LogP contribution in [0.3, 0.4) is 0 Å². The summed E-state index contributed by atoms with van der Waals surface area (Å²) in [5.41, 5.74) is 1.42. The van der Waals surface area contributed by atoms with E-state index in [2.05, 4.69) is 4.98 Å². The molecule has 0 aliphatic rings. The van der Waals surface area contributed by atoms with E-state index in [4.69, 9.17) is 5.26 Å². The Balaban J connectivity index is 2.58. The summed E-state index contributed by atoms with van der Waals surface area (Å²) < 4.78 is 22.9. The Kier molecular flexibility index (Phi) is 3.16. The topological polar surface area (TPSA) is 90.8 Å². The smallest absolute Gasteiger partial charge is 0.182 e. The molecule has 1 heterocycles. The zero-order valence-electron chi connectivity index (χ0n) is 10.5. The highest BCUT2D eigenvalue weighted by molar-refractivity contribution is 7.92. The summed E-state index contributed by atoms with van der Waals surface area (Å²) >= 11 is 0. The van der Waals surface area contributed by atoms with Crippen molar-refractivity contribution in [3.05, 3.63) is 35.5 Å². The molecule has 0 bridgehead atoms. The molecule has 0 amide bonds. The van der Waals surface area contributed by atoms with Crippen molar-refractivity contribution >= 4 is 26.5 Å². The van der Waals surface area contributed by atoms with Crippen molar-refractivity contribution in [2.24, 2.45) is 0 Å². The zero-order chi connectivity index (χ0) is 14.2. The van der Waals surface area contributed by atoms with Crippen LogP contribution < -0.4 is 0 Å². The molecular weight excluding hydrogens is 264 g/mol. The predicted molar refractivity (Wildman–Crippen MR) is 71.7 cm³/mol. The van der Waals surface area contributed by atoms with Crippen LogP contribution in [0.2, 0.25) is 0 Å². The Morgan fingerprint density at radius 1 is 1.42 bits per heavy atom. The number of H-pyrrole nitrogens is 1. The molecule has 0 saturated carbocycles. The van der Waals surface area contributed by atoms with Gasteiger partial charge in [-0.05, 0) is 25.1 Å². The van der Waals surface area contributed by atoms with Gasteiger partial charge in [0, 0.05) is 28.9 Å². The number of hydrogen-bond acceptors (Lipinski definition) is 4. The van der Waals surface area contributed by atoms with Crippen molar-refractivity contribution in [1.29, 1.82) is 5.26 Å². The maximum atomic E-state index is 12.2. The average molecular weight is 276 g/mol. The van der Waals surface area contributed by atoms with Crippen LogP contribution in [0.15, 0.2) is 24.4 Å². The minimum absolute atomic E-state index is 0.296. The molecule has 2 rings (SSSR count). The van der Waals surface area contributed by atoms with Crippen molar-refractivity contribution in [3.8, 4) is 6.07 Å².